The number of aromatic nitrogens is 7. The minimum absolute atomic E-state index is 0. The van der Waals surface area contributed by atoms with Crippen LogP contribution in [0.4, 0.5) is 11.4 Å². The molecule has 8 heteroatoms. The summed E-state index contributed by atoms with van der Waals surface area (Å²) < 4.78 is 17.2. The minimum atomic E-state index is 0. The fourth-order valence-electron chi connectivity index (χ4n) is 19.8. The van der Waals surface area contributed by atoms with Crippen LogP contribution < -0.4 is 4.90 Å². The van der Waals surface area contributed by atoms with Crippen molar-refractivity contribution in [3.8, 4) is 0 Å². The van der Waals surface area contributed by atoms with Crippen LogP contribution in [0.3, 0.4) is 0 Å². The van der Waals surface area contributed by atoms with Gasteiger partial charge in [-0.2, -0.15) is 0 Å². The highest BCUT2D eigenvalue weighted by Crippen LogP contribution is 2.40. The van der Waals surface area contributed by atoms with E-state index >= 15 is 0 Å². The van der Waals surface area contributed by atoms with Crippen LogP contribution in [-0.2, 0) is 70.6 Å². The Morgan fingerprint density at radius 3 is 1.28 bits per heavy atom. The van der Waals surface area contributed by atoms with E-state index < -0.39 is 0 Å². The van der Waals surface area contributed by atoms with Gasteiger partial charge >= 0.3 is 0 Å². The van der Waals surface area contributed by atoms with Crippen LogP contribution in [0.5, 0.6) is 0 Å². The van der Waals surface area contributed by atoms with E-state index in [1.54, 1.807) is 67.5 Å². The lowest BCUT2D eigenvalue weighted by Gasteiger charge is -2.30. The molecule has 4 aromatic carbocycles. The van der Waals surface area contributed by atoms with Crippen molar-refractivity contribution < 1.29 is 0 Å². The zero-order valence-electron chi connectivity index (χ0n) is 73.9. The quantitative estimate of drug-likeness (QED) is 0.149. The monoisotopic (exact) mass is 1560 g/mol. The standard InChI is InChI=1S/C17H17N.C15H15N.C13H21N.4C12H19N.C11H17N.3CH4/c1-13(2)18-16-9-5-3-7-14(16)11-12-15-8-4-6-10-17(15)18;1-11(2)16-14-9-5-3-7-12(14)13-8-4-6-10-15(13)16;1-9(2)14-11(4)8-12-7-10(3)5-6-13(12)14;1-9(2)13-7-6-11-5-4-10(3)8-12(11)13;1-9(2)13-8-7-11-6-4-5-10(3)12(11)13;1-9(2)13-8-10(3)11-6-4-5-7-12(11)13;1-9(2)13-10(3)8-11-6-4-5-7-12(11)13;1-9(2)12-8-7-10-5-3-4-6-11(10)12;;;/h3-13H,1-2H3;3-11H,1-2H3;8-10H,5-7H2,1-4H3;6-7,9-10H,4-5,8H2,1-3H3;7-10H,4-6H2,1-3H3;2*8-9H,4-7H2,1-3H3;7-9H,3-6H2,1-2H3;3*1H4. The van der Waals surface area contributed by atoms with Gasteiger partial charge in [0.05, 0.1) is 0 Å². The van der Waals surface area contributed by atoms with Crippen molar-refractivity contribution in [3.63, 3.8) is 0 Å². The summed E-state index contributed by atoms with van der Waals surface area (Å²) >= 11 is 0. The first kappa shape index (κ1) is 92.4. The minimum Gasteiger partial charge on any atom is -0.349 e. The molecule has 11 aromatic rings. The van der Waals surface area contributed by atoms with Crippen molar-refractivity contribution >= 4 is 45.3 Å². The number of hydrogen-bond donors (Lipinski definition) is 0. The molecule has 0 N–H and O–H groups in total. The number of anilines is 2. The van der Waals surface area contributed by atoms with Crippen molar-refractivity contribution in [2.75, 3.05) is 4.90 Å². The molecule has 3 unspecified atom stereocenters. The van der Waals surface area contributed by atoms with Crippen LogP contribution in [0.15, 0.2) is 152 Å². The number of benzene rings is 4. The fraction of sp³-hybridized carbons (Fsp3) is 0.533. The summed E-state index contributed by atoms with van der Waals surface area (Å²) in [6.45, 7) is 50.0. The molecule has 3 atom stereocenters. The summed E-state index contributed by atoms with van der Waals surface area (Å²) in [5, 5.41) is 2.71. The summed E-state index contributed by atoms with van der Waals surface area (Å²) in [5.74, 6) is 2.52. The third-order valence-electron chi connectivity index (χ3n) is 25.1. The second kappa shape index (κ2) is 42.3. The van der Waals surface area contributed by atoms with Gasteiger partial charge in [0.25, 0.3) is 0 Å². The summed E-state index contributed by atoms with van der Waals surface area (Å²) in [7, 11) is 0. The van der Waals surface area contributed by atoms with Gasteiger partial charge < -0.3 is 36.9 Å². The topological polar surface area (TPSA) is 37.8 Å². The van der Waals surface area contributed by atoms with Crippen molar-refractivity contribution in [1.82, 2.24) is 32.0 Å². The molecule has 0 saturated heterocycles. The van der Waals surface area contributed by atoms with Gasteiger partial charge in [0, 0.05) is 152 Å². The van der Waals surface area contributed by atoms with Crippen LogP contribution in [0, 0.1) is 32.6 Å². The van der Waals surface area contributed by atoms with E-state index in [1.807, 2.05) is 0 Å². The summed E-state index contributed by atoms with van der Waals surface area (Å²) in [6, 6.07) is 50.8. The normalized spacial score (nSPS) is 16.7. The first-order valence-corrected chi connectivity index (χ1v) is 44.5. The zero-order chi connectivity index (χ0) is 80.2. The smallest absolute Gasteiger partial charge is 0.0493 e. The fourth-order valence-corrected chi connectivity index (χ4v) is 19.8. The van der Waals surface area contributed by atoms with Crippen molar-refractivity contribution in [2.45, 2.75) is 364 Å². The number of rotatable bonds is 8. The highest BCUT2D eigenvalue weighted by Gasteiger charge is 2.26. The van der Waals surface area contributed by atoms with Crippen LogP contribution in [0.1, 0.15) is 362 Å². The predicted octanol–water partition coefficient (Wildman–Crippen LogP) is 30.7. The lowest BCUT2D eigenvalue weighted by atomic mass is 9.89. The average molecular weight is 1560 g/mol. The van der Waals surface area contributed by atoms with Crippen LogP contribution >= 0.6 is 0 Å². The third-order valence-corrected chi connectivity index (χ3v) is 25.1. The number of para-hydroxylation sites is 4. The molecule has 6 aliphatic carbocycles. The van der Waals surface area contributed by atoms with Gasteiger partial charge in [-0.1, -0.05) is 128 Å². The molecule has 8 nitrogen and oxygen atoms in total. The van der Waals surface area contributed by atoms with Crippen LogP contribution in [-0.4, -0.2) is 38.0 Å². The maximum Gasteiger partial charge on any atom is 0.0493 e. The van der Waals surface area contributed by atoms with Crippen molar-refractivity contribution in [1.29, 1.82) is 0 Å². The number of fused-ring (bicyclic) bond motifs is 11. The van der Waals surface area contributed by atoms with Crippen molar-refractivity contribution in [3.05, 3.63) is 248 Å². The number of hydrogen-bond acceptors (Lipinski definition) is 1. The van der Waals surface area contributed by atoms with E-state index in [2.05, 4.69) is 354 Å². The van der Waals surface area contributed by atoms with Gasteiger partial charge in [0.15, 0.2) is 0 Å². The van der Waals surface area contributed by atoms with Gasteiger partial charge in [-0.05, 0) is 389 Å². The Labute approximate surface area is 701 Å². The average Bonchev–Trinajstić information content (AvgIpc) is 1.62. The highest BCUT2D eigenvalue weighted by atomic mass is 15.2. The molecule has 626 valence electrons. The molecule has 0 fully saturated rings. The Morgan fingerprint density at radius 2 is 0.739 bits per heavy atom. The predicted molar refractivity (Wildman–Crippen MR) is 506 cm³/mol. The van der Waals surface area contributed by atoms with Crippen LogP contribution in [0.25, 0.3) is 34.0 Å². The molecule has 7 aromatic heterocycles. The van der Waals surface area contributed by atoms with E-state index in [4.69, 9.17) is 0 Å². The van der Waals surface area contributed by atoms with E-state index in [-0.39, 0.29) is 22.3 Å². The Bertz CT molecular complexity index is 4730. The molecule has 1 aliphatic heterocycles. The second-order valence-corrected chi connectivity index (χ2v) is 36.5. The summed E-state index contributed by atoms with van der Waals surface area (Å²) in [4.78, 5) is 2.41. The summed E-state index contributed by atoms with van der Waals surface area (Å²) in [6.07, 6.45) is 41.5. The lowest BCUT2D eigenvalue weighted by molar-refractivity contribution is 0.463. The van der Waals surface area contributed by atoms with E-state index in [0.29, 0.717) is 48.3 Å². The molecular weight excluding hydrogens is 1400 g/mol. The molecule has 7 aliphatic rings. The zero-order valence-corrected chi connectivity index (χ0v) is 73.9. The largest absolute Gasteiger partial charge is 0.349 e. The Morgan fingerprint density at radius 1 is 0.322 bits per heavy atom. The molecular formula is C107H158N8. The van der Waals surface area contributed by atoms with E-state index in [1.165, 1.54) is 196 Å². The second-order valence-electron chi connectivity index (χ2n) is 36.5. The molecule has 18 rings (SSSR count). The molecule has 0 saturated carbocycles. The highest BCUT2D eigenvalue weighted by molar-refractivity contribution is 6.08. The van der Waals surface area contributed by atoms with Gasteiger partial charge in [-0.25, -0.2) is 0 Å². The van der Waals surface area contributed by atoms with Gasteiger partial charge in [-0.3, -0.25) is 0 Å². The van der Waals surface area contributed by atoms with E-state index in [0.717, 1.165) is 17.8 Å². The Hall–Kier alpha value is -8.10. The Kier molecular flexibility index (Phi) is 34.0. The van der Waals surface area contributed by atoms with Gasteiger partial charge in [0.1, 0.15) is 0 Å². The summed E-state index contributed by atoms with van der Waals surface area (Å²) in [5.41, 5.74) is 31.4. The number of aryl methyl sites for hydroxylation is 7. The van der Waals surface area contributed by atoms with Gasteiger partial charge in [0.2, 0.25) is 0 Å². The molecule has 0 amide bonds. The molecule has 0 bridgehead atoms. The van der Waals surface area contributed by atoms with Crippen molar-refractivity contribution in [2.24, 2.45) is 11.8 Å². The van der Waals surface area contributed by atoms with E-state index in [9.17, 15) is 0 Å². The SMILES string of the molecule is C.C.C.CC(C)N1c2ccccc2C=Cc2ccccc21.CC(C)n1c2ccccc2c2ccccc21.CC(C)n1ccc2c1CCCC2.CC1CCCc2ccn(C(C)C)c21.CC1CCc2ccn(C(C)C)c2C1.Cc1cc2c(n1C(C)C)CCC(C)C2.Cc1cc2c(n1C(C)C)CCCC2.Cc1cn(C(C)C)c2c1CCCC2. The first-order valence-electron chi connectivity index (χ1n) is 44.5. The Balaban J connectivity index is 0.000000164. The molecule has 0 radical (unpaired) electrons. The third kappa shape index (κ3) is 21.8. The first-order chi connectivity index (χ1) is 53.7. The lowest BCUT2D eigenvalue weighted by Crippen LogP contribution is -2.26. The van der Waals surface area contributed by atoms with Gasteiger partial charge in [-0.15, -0.1) is 0 Å². The van der Waals surface area contributed by atoms with Crippen LogP contribution in [0.2, 0.25) is 0 Å². The molecule has 0 spiro atoms. The molecule has 8 heterocycles. The maximum absolute atomic E-state index is 2.52. The number of nitrogens with zero attached hydrogens (tertiary/aromatic N) is 8. The molecule has 115 heavy (non-hydrogen) atoms. The maximum atomic E-state index is 2.52.